The van der Waals surface area contributed by atoms with Gasteiger partial charge in [0.1, 0.15) is 17.8 Å². The van der Waals surface area contributed by atoms with Crippen LogP contribution in [-0.2, 0) is 4.74 Å². The maximum atomic E-state index is 7.32. The molecule has 0 amide bonds. The van der Waals surface area contributed by atoms with Crippen LogP contribution < -0.4 is 5.32 Å². The molecule has 6 nitrogen and oxygen atoms in total. The van der Waals surface area contributed by atoms with Gasteiger partial charge < -0.3 is 15.0 Å². The monoisotopic (exact) mass is 912 g/mol. The van der Waals surface area contributed by atoms with Gasteiger partial charge in [0.15, 0.2) is 0 Å². The van der Waals surface area contributed by atoms with Crippen LogP contribution in [0.4, 0.5) is 0 Å². The maximum Gasteiger partial charge on any atom is 0.146 e. The Labute approximate surface area is 410 Å². The minimum absolute atomic E-state index is 0.00728. The van der Waals surface area contributed by atoms with Crippen LogP contribution in [0.15, 0.2) is 171 Å². The van der Waals surface area contributed by atoms with Gasteiger partial charge in [-0.3, -0.25) is 4.99 Å². The van der Waals surface area contributed by atoms with E-state index in [1.165, 1.54) is 95.9 Å². The molecular formula is C63H69N5O. The Morgan fingerprint density at radius 3 is 2.36 bits per heavy atom. The average molecular weight is 912 g/mol. The largest absolute Gasteiger partial charge is 0.370 e. The van der Waals surface area contributed by atoms with Crippen LogP contribution in [0.2, 0.25) is 0 Å². The summed E-state index contributed by atoms with van der Waals surface area (Å²) >= 11 is 0. The maximum absolute atomic E-state index is 7.32. The Hall–Kier alpha value is -5.59. The summed E-state index contributed by atoms with van der Waals surface area (Å²) in [7, 11) is 0. The van der Waals surface area contributed by atoms with E-state index in [2.05, 4.69) is 151 Å². The lowest BCUT2D eigenvalue weighted by molar-refractivity contribution is 0.0392. The van der Waals surface area contributed by atoms with Crippen molar-refractivity contribution in [3.05, 3.63) is 167 Å². The number of nitrogens with one attached hydrogen (secondary N) is 1. The van der Waals surface area contributed by atoms with E-state index >= 15 is 0 Å². The van der Waals surface area contributed by atoms with Gasteiger partial charge >= 0.3 is 0 Å². The lowest BCUT2D eigenvalue weighted by atomic mass is 9.66. The van der Waals surface area contributed by atoms with Gasteiger partial charge in [-0.05, 0) is 158 Å². The number of fused-ring (bicyclic) bond motifs is 6. The highest BCUT2D eigenvalue weighted by Crippen LogP contribution is 2.58. The van der Waals surface area contributed by atoms with E-state index in [-0.39, 0.29) is 42.0 Å². The molecule has 13 rings (SSSR count). The summed E-state index contributed by atoms with van der Waals surface area (Å²) < 4.78 is 7.32. The van der Waals surface area contributed by atoms with Gasteiger partial charge in [0.25, 0.3) is 0 Å². The number of hydrogen-bond donors (Lipinski definition) is 1. The van der Waals surface area contributed by atoms with Gasteiger partial charge in [-0.2, -0.15) is 0 Å². The Bertz CT molecular complexity index is 2780. The van der Waals surface area contributed by atoms with Gasteiger partial charge in [-0.15, -0.1) is 0 Å². The van der Waals surface area contributed by atoms with Crippen LogP contribution in [0.1, 0.15) is 121 Å². The highest BCUT2D eigenvalue weighted by Gasteiger charge is 2.57. The van der Waals surface area contributed by atoms with E-state index in [0.717, 1.165) is 68.7 Å². The second-order valence-corrected chi connectivity index (χ2v) is 22.0. The van der Waals surface area contributed by atoms with Crippen molar-refractivity contribution in [2.45, 2.75) is 140 Å². The zero-order chi connectivity index (χ0) is 45.8. The Morgan fingerprint density at radius 1 is 0.696 bits per heavy atom. The van der Waals surface area contributed by atoms with Crippen LogP contribution in [-0.4, -0.2) is 52.7 Å². The van der Waals surface area contributed by atoms with Crippen molar-refractivity contribution in [2.75, 3.05) is 0 Å². The molecule has 1 saturated carbocycles. The first-order valence-electron chi connectivity index (χ1n) is 27.2. The van der Waals surface area contributed by atoms with E-state index in [1.54, 1.807) is 11.3 Å². The summed E-state index contributed by atoms with van der Waals surface area (Å²) in [6, 6.07) is 19.1. The van der Waals surface area contributed by atoms with Crippen LogP contribution in [0.25, 0.3) is 22.3 Å². The minimum Gasteiger partial charge on any atom is -0.370 e. The normalized spacial score (nSPS) is 33.8. The summed E-state index contributed by atoms with van der Waals surface area (Å²) in [5, 5.41) is 4.05. The highest BCUT2D eigenvalue weighted by molar-refractivity contribution is 6.20. The second kappa shape index (κ2) is 18.6. The first-order chi connectivity index (χ1) is 34.1. The molecule has 0 aromatic heterocycles. The summed E-state index contributed by atoms with van der Waals surface area (Å²) in [5.74, 6) is 3.69. The molecule has 6 heteroatoms. The van der Waals surface area contributed by atoms with Gasteiger partial charge in [0.05, 0.1) is 35.9 Å². The molecule has 4 aliphatic heterocycles. The fourth-order valence-electron chi connectivity index (χ4n) is 14.4. The molecule has 2 aromatic rings. The van der Waals surface area contributed by atoms with E-state index < -0.39 is 0 Å². The molecule has 10 unspecified atom stereocenters. The van der Waals surface area contributed by atoms with Gasteiger partial charge in [-0.1, -0.05) is 136 Å². The molecule has 7 aliphatic carbocycles. The zero-order valence-electron chi connectivity index (χ0n) is 40.6. The topological polar surface area (TPSA) is 61.6 Å². The van der Waals surface area contributed by atoms with Gasteiger partial charge in [0.2, 0.25) is 0 Å². The third-order valence-corrected chi connectivity index (χ3v) is 17.7. The SMILES string of the molecule is CC1CC2OC3C=CC=C(C4=NC=C(c5cc(C6=CCCCC6)cc(-c6ccccc6)c5)CC4C4=NC(C5CCCCC5)N=C(C5C=CCCC5)N4)C3C2C2=C1N(C1C=CC=CC1)C1CC=CC=C21. The van der Waals surface area contributed by atoms with Crippen LogP contribution in [0, 0.1) is 35.5 Å². The summed E-state index contributed by atoms with van der Waals surface area (Å²) in [6.07, 6.45) is 51.7. The molecule has 1 N–H and O–H groups in total. The zero-order valence-corrected chi connectivity index (χ0v) is 40.6. The number of rotatable bonds is 8. The standard InChI is InChI=1S/C63H69N5O/c1-40-34-55-58(57-50-30-17-18-32-53(50)68(60(40)57)49-28-15-6-16-29-49)56-51(31-19-33-54(56)69-55)59-52(63-66-61(43-24-11-4-12-25-43)65-62(67-63)44-26-13-5-14-27-44)38-48(39-64-59)47-36-45(41-20-7-2-8-21-41)35-46(37-47)42-22-9-3-10-23-42/h2,6-8,11,15-22,24,28,30-31,33,35-37,39-40,43-44,49,52-56,58,62H,3-5,9-10,12-14,23,25-27,29,32,34,38H2,1H3,(H,65,66,67). The van der Waals surface area contributed by atoms with E-state index in [9.17, 15) is 0 Å². The predicted molar refractivity (Wildman–Crippen MR) is 285 cm³/mol. The van der Waals surface area contributed by atoms with Crippen molar-refractivity contribution in [2.24, 2.45) is 50.5 Å². The first-order valence-corrected chi connectivity index (χ1v) is 27.2. The van der Waals surface area contributed by atoms with Crippen molar-refractivity contribution in [3.63, 3.8) is 0 Å². The van der Waals surface area contributed by atoms with Gasteiger partial charge in [0, 0.05) is 35.6 Å². The number of ether oxygens (including phenoxy) is 1. The second-order valence-electron chi connectivity index (χ2n) is 22.0. The van der Waals surface area contributed by atoms with E-state index in [0.29, 0.717) is 23.9 Å². The molecule has 2 aromatic carbocycles. The molecule has 11 aliphatic rings. The van der Waals surface area contributed by atoms with Gasteiger partial charge in [-0.25, -0.2) is 9.98 Å². The van der Waals surface area contributed by atoms with Crippen molar-refractivity contribution in [3.8, 4) is 11.1 Å². The van der Waals surface area contributed by atoms with Crippen LogP contribution in [0.5, 0.6) is 0 Å². The quantitative estimate of drug-likeness (QED) is 0.268. The Morgan fingerprint density at radius 2 is 1.54 bits per heavy atom. The smallest absolute Gasteiger partial charge is 0.146 e. The van der Waals surface area contributed by atoms with E-state index in [1.807, 2.05) is 0 Å². The van der Waals surface area contributed by atoms with Crippen LogP contribution >= 0.6 is 0 Å². The molecule has 352 valence electrons. The number of hydrogen-bond acceptors (Lipinski definition) is 6. The van der Waals surface area contributed by atoms with Crippen molar-refractivity contribution >= 4 is 28.5 Å². The molecule has 69 heavy (non-hydrogen) atoms. The molecule has 0 radical (unpaired) electrons. The fourth-order valence-corrected chi connectivity index (χ4v) is 14.4. The fraction of sp³-hybridized carbons (Fsp3) is 0.444. The number of aliphatic imine (C=N–C) groups is 3. The molecule has 0 bridgehead atoms. The number of amidine groups is 2. The molecule has 10 atom stereocenters. The average Bonchev–Trinajstić information content (AvgIpc) is 3.98. The first kappa shape index (κ1) is 43.4. The molecular weight excluding hydrogens is 843 g/mol. The summed E-state index contributed by atoms with van der Waals surface area (Å²) in [4.78, 5) is 20.0. The summed E-state index contributed by atoms with van der Waals surface area (Å²) in [6.45, 7) is 2.47. The molecule has 4 heterocycles. The number of nitrogens with zero attached hydrogens (tertiary/aromatic N) is 4. The van der Waals surface area contributed by atoms with Crippen molar-refractivity contribution in [1.82, 2.24) is 10.2 Å². The third-order valence-electron chi connectivity index (χ3n) is 17.7. The highest BCUT2D eigenvalue weighted by atomic mass is 16.5. The van der Waals surface area contributed by atoms with Crippen molar-refractivity contribution < 1.29 is 4.74 Å². The Kier molecular flexibility index (Phi) is 11.7. The molecule has 2 fully saturated rings. The number of benzene rings is 2. The lowest BCUT2D eigenvalue weighted by Crippen LogP contribution is -2.48. The Balaban J connectivity index is 0.949. The van der Waals surface area contributed by atoms with Crippen LogP contribution in [0.3, 0.4) is 0 Å². The summed E-state index contributed by atoms with van der Waals surface area (Å²) in [5.41, 5.74) is 15.1. The predicted octanol–water partition coefficient (Wildman–Crippen LogP) is 14.0. The molecule has 1 saturated heterocycles. The lowest BCUT2D eigenvalue weighted by Gasteiger charge is -2.41. The molecule has 0 spiro atoms. The van der Waals surface area contributed by atoms with Crippen molar-refractivity contribution in [1.29, 1.82) is 0 Å². The number of allylic oxidation sites excluding steroid dienone is 11. The third kappa shape index (κ3) is 8.03. The van der Waals surface area contributed by atoms with E-state index in [4.69, 9.17) is 19.7 Å². The minimum atomic E-state index is -0.0656.